The maximum Gasteiger partial charge on any atom is 0.158 e. The topological polar surface area (TPSA) is 52.0 Å². The zero-order chi connectivity index (χ0) is 12.8. The maximum atomic E-state index is 5.91. The molecule has 18 heavy (non-hydrogen) atoms. The zero-order valence-electron chi connectivity index (χ0n) is 11.4. The minimum atomic E-state index is 0.390. The zero-order valence-corrected chi connectivity index (χ0v) is 11.4. The minimum Gasteiger partial charge on any atom is -0.370 e. The van der Waals surface area contributed by atoms with Crippen molar-refractivity contribution in [1.29, 1.82) is 0 Å². The van der Waals surface area contributed by atoms with E-state index in [1.54, 1.807) is 6.33 Å². The van der Waals surface area contributed by atoms with Crippen LogP contribution in [0.25, 0.3) is 0 Å². The number of rotatable bonds is 6. The van der Waals surface area contributed by atoms with Gasteiger partial charge in [0.25, 0.3) is 0 Å². The van der Waals surface area contributed by atoms with Gasteiger partial charge in [-0.05, 0) is 38.6 Å². The van der Waals surface area contributed by atoms with E-state index >= 15 is 0 Å². The van der Waals surface area contributed by atoms with Crippen LogP contribution in [0, 0.1) is 0 Å². The van der Waals surface area contributed by atoms with Crippen LogP contribution in [0.3, 0.4) is 0 Å². The van der Waals surface area contributed by atoms with Crippen LogP contribution >= 0.6 is 0 Å². The van der Waals surface area contributed by atoms with Gasteiger partial charge in [0.15, 0.2) is 5.82 Å². The minimum absolute atomic E-state index is 0.390. The predicted octanol–water partition coefficient (Wildman–Crippen LogP) is 1.64. The molecular formula is C13H24N4O. The SMILES string of the molecule is CCCNC1CCC(OCc2nncn2C)CC1. The predicted molar refractivity (Wildman–Crippen MR) is 70.1 cm³/mol. The van der Waals surface area contributed by atoms with Crippen LogP contribution in [0.1, 0.15) is 44.9 Å². The number of aryl methyl sites for hydroxylation is 1. The summed E-state index contributed by atoms with van der Waals surface area (Å²) >= 11 is 0. The van der Waals surface area contributed by atoms with E-state index in [9.17, 15) is 0 Å². The molecule has 5 nitrogen and oxygen atoms in total. The normalized spacial score (nSPS) is 24.3. The summed E-state index contributed by atoms with van der Waals surface area (Å²) in [5.74, 6) is 0.904. The molecule has 1 aromatic heterocycles. The van der Waals surface area contributed by atoms with E-state index in [4.69, 9.17) is 4.74 Å². The number of nitrogens with one attached hydrogen (secondary N) is 1. The van der Waals surface area contributed by atoms with Crippen molar-refractivity contribution >= 4 is 0 Å². The summed E-state index contributed by atoms with van der Waals surface area (Å²) in [7, 11) is 1.95. The first-order valence-corrected chi connectivity index (χ1v) is 6.97. The molecule has 0 radical (unpaired) electrons. The highest BCUT2D eigenvalue weighted by Gasteiger charge is 2.21. The number of hydrogen-bond acceptors (Lipinski definition) is 4. The fourth-order valence-corrected chi connectivity index (χ4v) is 2.41. The highest BCUT2D eigenvalue weighted by atomic mass is 16.5. The summed E-state index contributed by atoms with van der Waals surface area (Å²) in [6, 6.07) is 0.694. The third kappa shape index (κ3) is 3.78. The maximum absolute atomic E-state index is 5.91. The highest BCUT2D eigenvalue weighted by Crippen LogP contribution is 2.21. The fourth-order valence-electron chi connectivity index (χ4n) is 2.41. The average Bonchev–Trinajstić information content (AvgIpc) is 2.81. The van der Waals surface area contributed by atoms with Gasteiger partial charge in [0, 0.05) is 13.1 Å². The first kappa shape index (κ1) is 13.5. The molecule has 0 unspecified atom stereocenters. The van der Waals surface area contributed by atoms with Gasteiger partial charge in [0.05, 0.1) is 6.10 Å². The summed E-state index contributed by atoms with van der Waals surface area (Å²) in [5, 5.41) is 11.5. The van der Waals surface area contributed by atoms with Gasteiger partial charge in [-0.3, -0.25) is 0 Å². The molecule has 2 rings (SSSR count). The van der Waals surface area contributed by atoms with E-state index in [0.29, 0.717) is 18.8 Å². The molecule has 0 atom stereocenters. The molecular weight excluding hydrogens is 228 g/mol. The number of nitrogens with zero attached hydrogens (tertiary/aromatic N) is 3. The largest absolute Gasteiger partial charge is 0.370 e. The quantitative estimate of drug-likeness (QED) is 0.836. The summed E-state index contributed by atoms with van der Waals surface area (Å²) < 4.78 is 7.82. The Labute approximate surface area is 109 Å². The lowest BCUT2D eigenvalue weighted by Crippen LogP contribution is -2.35. The number of hydrogen-bond donors (Lipinski definition) is 1. The molecule has 0 aliphatic heterocycles. The van der Waals surface area contributed by atoms with E-state index in [-0.39, 0.29) is 0 Å². The van der Waals surface area contributed by atoms with Crippen molar-refractivity contribution in [1.82, 2.24) is 20.1 Å². The van der Waals surface area contributed by atoms with Gasteiger partial charge < -0.3 is 14.6 Å². The molecule has 0 saturated heterocycles. The highest BCUT2D eigenvalue weighted by molar-refractivity contribution is 4.82. The van der Waals surface area contributed by atoms with Gasteiger partial charge >= 0.3 is 0 Å². The van der Waals surface area contributed by atoms with Crippen LogP contribution in [0.2, 0.25) is 0 Å². The standard InChI is InChI=1S/C13H24N4O/c1-3-8-14-11-4-6-12(7-5-11)18-9-13-16-15-10-17(13)2/h10-12,14H,3-9H2,1-2H3. The fraction of sp³-hybridized carbons (Fsp3) is 0.846. The third-order valence-corrected chi connectivity index (χ3v) is 3.61. The van der Waals surface area contributed by atoms with Gasteiger partial charge in [-0.2, -0.15) is 0 Å². The number of ether oxygens (including phenoxy) is 1. The second kappa shape index (κ2) is 6.85. The van der Waals surface area contributed by atoms with Gasteiger partial charge in [-0.15, -0.1) is 10.2 Å². The molecule has 1 heterocycles. The van der Waals surface area contributed by atoms with Crippen molar-refractivity contribution in [3.63, 3.8) is 0 Å². The molecule has 0 aromatic carbocycles. The van der Waals surface area contributed by atoms with Gasteiger partial charge in [-0.1, -0.05) is 6.92 Å². The van der Waals surface area contributed by atoms with Crippen molar-refractivity contribution in [3.8, 4) is 0 Å². The van der Waals surface area contributed by atoms with Crippen LogP contribution in [0.4, 0.5) is 0 Å². The summed E-state index contributed by atoms with van der Waals surface area (Å²) in [6.45, 7) is 3.92. The molecule has 5 heteroatoms. The Morgan fingerprint density at radius 3 is 2.78 bits per heavy atom. The van der Waals surface area contributed by atoms with E-state index in [2.05, 4.69) is 22.4 Å². The lowest BCUT2D eigenvalue weighted by Gasteiger charge is -2.29. The first-order chi connectivity index (χ1) is 8.79. The Kier molecular flexibility index (Phi) is 5.13. The second-order valence-electron chi connectivity index (χ2n) is 5.10. The summed E-state index contributed by atoms with van der Waals surface area (Å²) in [6.07, 6.45) is 8.07. The molecule has 1 fully saturated rings. The van der Waals surface area contributed by atoms with Crippen LogP contribution in [-0.4, -0.2) is 33.5 Å². The molecule has 1 aliphatic rings. The first-order valence-electron chi connectivity index (χ1n) is 6.97. The van der Waals surface area contributed by atoms with Crippen molar-refractivity contribution < 1.29 is 4.74 Å². The molecule has 0 bridgehead atoms. The van der Waals surface area contributed by atoms with E-state index in [0.717, 1.165) is 25.2 Å². The van der Waals surface area contributed by atoms with E-state index in [1.165, 1.54) is 19.3 Å². The molecule has 1 saturated carbocycles. The Hall–Kier alpha value is -0.940. The molecule has 1 aromatic rings. The monoisotopic (exact) mass is 252 g/mol. The molecule has 1 aliphatic carbocycles. The van der Waals surface area contributed by atoms with Crippen LogP contribution in [-0.2, 0) is 18.4 Å². The molecule has 0 spiro atoms. The summed E-state index contributed by atoms with van der Waals surface area (Å²) in [5.41, 5.74) is 0. The van der Waals surface area contributed by atoms with E-state index in [1.807, 2.05) is 11.6 Å². The third-order valence-electron chi connectivity index (χ3n) is 3.61. The molecule has 0 amide bonds. The van der Waals surface area contributed by atoms with Gasteiger partial charge in [0.2, 0.25) is 0 Å². The molecule has 1 N–H and O–H groups in total. The smallest absolute Gasteiger partial charge is 0.158 e. The Morgan fingerprint density at radius 1 is 1.39 bits per heavy atom. The van der Waals surface area contributed by atoms with Crippen LogP contribution in [0.15, 0.2) is 6.33 Å². The van der Waals surface area contributed by atoms with Crippen LogP contribution < -0.4 is 5.32 Å². The Bertz CT molecular complexity index is 345. The average molecular weight is 252 g/mol. The van der Waals surface area contributed by atoms with Crippen molar-refractivity contribution in [3.05, 3.63) is 12.2 Å². The summed E-state index contributed by atoms with van der Waals surface area (Å²) in [4.78, 5) is 0. The van der Waals surface area contributed by atoms with Gasteiger partial charge in [-0.25, -0.2) is 0 Å². The van der Waals surface area contributed by atoms with Crippen molar-refractivity contribution in [2.75, 3.05) is 6.54 Å². The second-order valence-corrected chi connectivity index (χ2v) is 5.10. The van der Waals surface area contributed by atoms with Crippen LogP contribution in [0.5, 0.6) is 0 Å². The Balaban J connectivity index is 1.66. The Morgan fingerprint density at radius 2 is 2.17 bits per heavy atom. The van der Waals surface area contributed by atoms with Gasteiger partial charge in [0.1, 0.15) is 12.9 Å². The van der Waals surface area contributed by atoms with Crippen molar-refractivity contribution in [2.24, 2.45) is 7.05 Å². The number of aromatic nitrogens is 3. The van der Waals surface area contributed by atoms with E-state index < -0.39 is 0 Å². The molecule has 102 valence electrons. The lowest BCUT2D eigenvalue weighted by molar-refractivity contribution is 0.00714. The lowest BCUT2D eigenvalue weighted by atomic mass is 9.93. The van der Waals surface area contributed by atoms with Crippen molar-refractivity contribution in [2.45, 2.75) is 57.8 Å².